The number of aliphatic hydroxyl groups excluding tert-OH is 1. The van der Waals surface area contributed by atoms with E-state index in [0.717, 1.165) is 18.4 Å². The molecule has 3 nitrogen and oxygen atoms in total. The Morgan fingerprint density at radius 3 is 2.58 bits per heavy atom. The first-order valence-electron chi connectivity index (χ1n) is 7.12. The number of hydrogen-bond donors (Lipinski definition) is 2. The van der Waals surface area contributed by atoms with Gasteiger partial charge in [0.25, 0.3) is 0 Å². The van der Waals surface area contributed by atoms with Crippen LogP contribution >= 0.6 is 0 Å². The molecule has 0 heterocycles. The Morgan fingerprint density at radius 2 is 2.00 bits per heavy atom. The van der Waals surface area contributed by atoms with Crippen molar-refractivity contribution < 1.29 is 9.50 Å². The molecule has 1 saturated carbocycles. The average molecular weight is 266 g/mol. The summed E-state index contributed by atoms with van der Waals surface area (Å²) in [6.45, 7) is 0.888. The number of rotatable bonds is 5. The van der Waals surface area contributed by atoms with E-state index in [4.69, 9.17) is 5.73 Å². The van der Waals surface area contributed by atoms with Crippen molar-refractivity contribution in [2.24, 2.45) is 5.73 Å². The van der Waals surface area contributed by atoms with E-state index in [9.17, 15) is 9.50 Å². The zero-order valence-electron chi connectivity index (χ0n) is 11.3. The van der Waals surface area contributed by atoms with E-state index in [1.807, 2.05) is 11.0 Å². The third-order valence-corrected chi connectivity index (χ3v) is 3.91. The second kappa shape index (κ2) is 6.87. The van der Waals surface area contributed by atoms with Crippen molar-refractivity contribution in [3.63, 3.8) is 0 Å². The van der Waals surface area contributed by atoms with Gasteiger partial charge in [-0.15, -0.1) is 0 Å². The smallest absolute Gasteiger partial charge is 0.146 e. The molecule has 1 fully saturated rings. The molecule has 1 aromatic rings. The standard InChI is InChI=1S/C15H23FN2O/c16-14-10-12(11-17)6-7-15(14)18(8-9-19)13-4-2-1-3-5-13/h6-7,10,13,19H,1-5,8-9,11,17H2. The van der Waals surface area contributed by atoms with Crippen LogP contribution in [-0.4, -0.2) is 24.3 Å². The fourth-order valence-corrected chi connectivity index (χ4v) is 2.91. The van der Waals surface area contributed by atoms with Gasteiger partial charge in [0.05, 0.1) is 12.3 Å². The number of nitrogens with two attached hydrogens (primary N) is 1. The largest absolute Gasteiger partial charge is 0.395 e. The highest BCUT2D eigenvalue weighted by Gasteiger charge is 2.23. The van der Waals surface area contributed by atoms with Crippen LogP contribution in [0.3, 0.4) is 0 Å². The Hall–Kier alpha value is -1.13. The molecular formula is C15H23FN2O. The van der Waals surface area contributed by atoms with Crippen LogP contribution in [-0.2, 0) is 6.54 Å². The topological polar surface area (TPSA) is 49.5 Å². The van der Waals surface area contributed by atoms with Crippen LogP contribution in [0.4, 0.5) is 10.1 Å². The molecule has 3 N–H and O–H groups in total. The Bertz CT molecular complexity index is 405. The third-order valence-electron chi connectivity index (χ3n) is 3.91. The lowest BCUT2D eigenvalue weighted by atomic mass is 9.93. The van der Waals surface area contributed by atoms with Gasteiger partial charge in [-0.05, 0) is 30.5 Å². The summed E-state index contributed by atoms with van der Waals surface area (Å²) in [5.41, 5.74) is 6.92. The molecule has 2 rings (SSSR count). The average Bonchev–Trinajstić information content (AvgIpc) is 2.46. The summed E-state index contributed by atoms with van der Waals surface area (Å²) in [4.78, 5) is 2.02. The maximum absolute atomic E-state index is 14.2. The number of halogens is 1. The van der Waals surface area contributed by atoms with Gasteiger partial charge >= 0.3 is 0 Å². The lowest BCUT2D eigenvalue weighted by Gasteiger charge is -2.36. The van der Waals surface area contributed by atoms with Gasteiger partial charge in [-0.3, -0.25) is 0 Å². The van der Waals surface area contributed by atoms with Crippen molar-refractivity contribution >= 4 is 5.69 Å². The summed E-state index contributed by atoms with van der Waals surface area (Å²) < 4.78 is 14.2. The molecule has 19 heavy (non-hydrogen) atoms. The second-order valence-electron chi connectivity index (χ2n) is 5.20. The normalized spacial score (nSPS) is 16.6. The summed E-state index contributed by atoms with van der Waals surface area (Å²) in [6, 6.07) is 5.51. The van der Waals surface area contributed by atoms with Gasteiger partial charge in [0, 0.05) is 19.1 Å². The van der Waals surface area contributed by atoms with E-state index in [0.29, 0.717) is 24.8 Å². The molecule has 106 valence electrons. The predicted molar refractivity (Wildman–Crippen MR) is 75.6 cm³/mol. The minimum atomic E-state index is -0.234. The Morgan fingerprint density at radius 1 is 1.26 bits per heavy atom. The molecule has 0 atom stereocenters. The van der Waals surface area contributed by atoms with E-state index >= 15 is 0 Å². The summed E-state index contributed by atoms with van der Waals surface area (Å²) in [7, 11) is 0. The van der Waals surface area contributed by atoms with E-state index in [1.54, 1.807) is 6.07 Å². The van der Waals surface area contributed by atoms with Crippen LogP contribution in [0.2, 0.25) is 0 Å². The van der Waals surface area contributed by atoms with Crippen molar-refractivity contribution in [2.45, 2.75) is 44.7 Å². The van der Waals surface area contributed by atoms with E-state index in [2.05, 4.69) is 0 Å². The molecule has 0 unspecified atom stereocenters. The molecule has 0 aromatic heterocycles. The first-order chi connectivity index (χ1) is 9.26. The minimum Gasteiger partial charge on any atom is -0.395 e. The Balaban J connectivity index is 2.22. The van der Waals surface area contributed by atoms with E-state index in [-0.39, 0.29) is 12.4 Å². The van der Waals surface area contributed by atoms with Crippen molar-refractivity contribution in [3.8, 4) is 0 Å². The number of benzene rings is 1. The lowest BCUT2D eigenvalue weighted by molar-refractivity contribution is 0.289. The van der Waals surface area contributed by atoms with Crippen LogP contribution in [0.15, 0.2) is 18.2 Å². The van der Waals surface area contributed by atoms with Gasteiger partial charge in [-0.25, -0.2) is 4.39 Å². The van der Waals surface area contributed by atoms with Gasteiger partial charge in [-0.1, -0.05) is 25.3 Å². The quantitative estimate of drug-likeness (QED) is 0.860. The molecule has 0 spiro atoms. The predicted octanol–water partition coefficient (Wildman–Crippen LogP) is 2.42. The molecule has 1 aliphatic carbocycles. The van der Waals surface area contributed by atoms with Crippen LogP contribution in [0, 0.1) is 5.82 Å². The monoisotopic (exact) mass is 266 g/mol. The highest BCUT2D eigenvalue weighted by molar-refractivity contribution is 5.50. The molecule has 0 radical (unpaired) electrons. The van der Waals surface area contributed by atoms with Crippen LogP contribution in [0.1, 0.15) is 37.7 Å². The summed E-state index contributed by atoms with van der Waals surface area (Å²) in [5, 5.41) is 9.24. The fourth-order valence-electron chi connectivity index (χ4n) is 2.91. The SMILES string of the molecule is NCc1ccc(N(CCO)C2CCCCC2)c(F)c1. The summed E-state index contributed by atoms with van der Waals surface area (Å²) in [5.74, 6) is -0.234. The highest BCUT2D eigenvalue weighted by Crippen LogP contribution is 2.29. The maximum atomic E-state index is 14.2. The van der Waals surface area contributed by atoms with Crippen molar-refractivity contribution in [1.82, 2.24) is 0 Å². The van der Waals surface area contributed by atoms with Crippen LogP contribution in [0.25, 0.3) is 0 Å². The minimum absolute atomic E-state index is 0.0502. The van der Waals surface area contributed by atoms with Crippen molar-refractivity contribution in [2.75, 3.05) is 18.1 Å². The number of nitrogens with zero attached hydrogens (tertiary/aromatic N) is 1. The zero-order valence-corrected chi connectivity index (χ0v) is 11.3. The second-order valence-corrected chi connectivity index (χ2v) is 5.20. The summed E-state index contributed by atoms with van der Waals surface area (Å²) >= 11 is 0. The molecule has 1 aromatic carbocycles. The Kier molecular flexibility index (Phi) is 5.16. The van der Waals surface area contributed by atoms with Crippen LogP contribution < -0.4 is 10.6 Å². The first-order valence-corrected chi connectivity index (χ1v) is 7.12. The zero-order chi connectivity index (χ0) is 13.7. The molecular weight excluding hydrogens is 243 g/mol. The fraction of sp³-hybridized carbons (Fsp3) is 0.600. The van der Waals surface area contributed by atoms with E-state index in [1.165, 1.54) is 25.3 Å². The number of aliphatic hydroxyl groups is 1. The Labute approximate surface area is 114 Å². The molecule has 0 aliphatic heterocycles. The van der Waals surface area contributed by atoms with Gasteiger partial charge < -0.3 is 15.7 Å². The molecule has 0 saturated heterocycles. The molecule has 1 aliphatic rings. The molecule has 4 heteroatoms. The maximum Gasteiger partial charge on any atom is 0.146 e. The third kappa shape index (κ3) is 3.45. The highest BCUT2D eigenvalue weighted by atomic mass is 19.1. The van der Waals surface area contributed by atoms with Gasteiger partial charge in [0.2, 0.25) is 0 Å². The number of hydrogen-bond acceptors (Lipinski definition) is 3. The first kappa shape index (κ1) is 14.3. The van der Waals surface area contributed by atoms with Crippen molar-refractivity contribution in [1.29, 1.82) is 0 Å². The molecule has 0 amide bonds. The summed E-state index contributed by atoms with van der Waals surface area (Å²) in [6.07, 6.45) is 5.80. The van der Waals surface area contributed by atoms with Crippen LogP contribution in [0.5, 0.6) is 0 Å². The van der Waals surface area contributed by atoms with E-state index < -0.39 is 0 Å². The van der Waals surface area contributed by atoms with Gasteiger partial charge in [0.1, 0.15) is 5.82 Å². The molecule has 0 bridgehead atoms. The number of anilines is 1. The van der Waals surface area contributed by atoms with Crippen molar-refractivity contribution in [3.05, 3.63) is 29.6 Å². The van der Waals surface area contributed by atoms with Gasteiger partial charge in [-0.2, -0.15) is 0 Å². The lowest BCUT2D eigenvalue weighted by Crippen LogP contribution is -2.39. The van der Waals surface area contributed by atoms with Gasteiger partial charge in [0.15, 0.2) is 0 Å².